The first kappa shape index (κ1) is 8.49. The fraction of sp³-hybridized carbons (Fsp3) is 0.857. The smallest absolute Gasteiger partial charge is 0.339 e. The number of morpholine rings is 1. The summed E-state index contributed by atoms with van der Waals surface area (Å²) < 4.78 is 9.87. The van der Waals surface area contributed by atoms with E-state index in [0.29, 0.717) is 13.2 Å². The molecule has 1 heterocycles. The number of nitrogens with one attached hydrogen (secondary N) is 1. The molecule has 0 amide bonds. The Bertz CT molecular complexity index is 152. The molecular formula is C7H13NO3. The van der Waals surface area contributed by atoms with Crippen LogP contribution in [0, 0.1) is 0 Å². The Morgan fingerprint density at radius 2 is 2.45 bits per heavy atom. The van der Waals surface area contributed by atoms with Gasteiger partial charge in [0.25, 0.3) is 0 Å². The summed E-state index contributed by atoms with van der Waals surface area (Å²) in [5, 5.41) is 3.06. The highest BCUT2D eigenvalue weighted by atomic mass is 16.6. The Labute approximate surface area is 65.9 Å². The average molecular weight is 159 g/mol. The lowest BCUT2D eigenvalue weighted by Gasteiger charge is -2.31. The largest absolute Gasteiger partial charge is 0.467 e. The minimum absolute atomic E-state index is 0.315. The van der Waals surface area contributed by atoms with Crippen LogP contribution in [0.3, 0.4) is 0 Å². The van der Waals surface area contributed by atoms with Gasteiger partial charge in [-0.1, -0.05) is 0 Å². The van der Waals surface area contributed by atoms with E-state index in [-0.39, 0.29) is 5.97 Å². The number of rotatable bonds is 1. The topological polar surface area (TPSA) is 47.6 Å². The quantitative estimate of drug-likeness (QED) is 0.526. The molecule has 1 fully saturated rings. The van der Waals surface area contributed by atoms with Crippen molar-refractivity contribution < 1.29 is 14.3 Å². The monoisotopic (exact) mass is 159 g/mol. The molecule has 0 saturated carbocycles. The van der Waals surface area contributed by atoms with Crippen LogP contribution in [-0.2, 0) is 14.3 Å². The van der Waals surface area contributed by atoms with Gasteiger partial charge in [0, 0.05) is 13.1 Å². The van der Waals surface area contributed by atoms with E-state index in [2.05, 4.69) is 10.1 Å². The van der Waals surface area contributed by atoms with E-state index in [1.807, 2.05) is 0 Å². The Balaban J connectivity index is 2.56. The second-order valence-corrected chi connectivity index (χ2v) is 2.75. The summed E-state index contributed by atoms with van der Waals surface area (Å²) in [6.07, 6.45) is 0. The van der Waals surface area contributed by atoms with Crippen LogP contribution in [0.4, 0.5) is 0 Å². The maximum Gasteiger partial charge on any atom is 0.339 e. The Morgan fingerprint density at radius 3 is 2.91 bits per heavy atom. The summed E-state index contributed by atoms with van der Waals surface area (Å²) in [7, 11) is 1.37. The molecule has 1 atom stereocenters. The number of esters is 1. The lowest BCUT2D eigenvalue weighted by Crippen LogP contribution is -2.53. The summed E-state index contributed by atoms with van der Waals surface area (Å²) in [5.41, 5.74) is -0.785. The predicted octanol–water partition coefficient (Wildman–Crippen LogP) is -0.462. The highest BCUT2D eigenvalue weighted by Gasteiger charge is 2.36. The zero-order valence-corrected chi connectivity index (χ0v) is 6.85. The number of ether oxygens (including phenoxy) is 2. The fourth-order valence-electron chi connectivity index (χ4n) is 1.07. The van der Waals surface area contributed by atoms with Crippen LogP contribution in [0.25, 0.3) is 0 Å². The summed E-state index contributed by atoms with van der Waals surface area (Å²) in [4.78, 5) is 11.1. The molecule has 0 aromatic heterocycles. The van der Waals surface area contributed by atoms with Gasteiger partial charge < -0.3 is 14.8 Å². The molecule has 0 spiro atoms. The van der Waals surface area contributed by atoms with Crippen LogP contribution in [-0.4, -0.2) is 38.4 Å². The Hall–Kier alpha value is -0.610. The maximum atomic E-state index is 11.1. The van der Waals surface area contributed by atoms with Gasteiger partial charge in [-0.2, -0.15) is 0 Å². The van der Waals surface area contributed by atoms with Crippen LogP contribution < -0.4 is 5.32 Å². The third-order valence-corrected chi connectivity index (χ3v) is 1.78. The number of carbonyl (C=O) groups is 1. The zero-order valence-electron chi connectivity index (χ0n) is 6.85. The van der Waals surface area contributed by atoms with Gasteiger partial charge in [-0.05, 0) is 6.92 Å². The highest BCUT2D eigenvalue weighted by molar-refractivity contribution is 5.79. The van der Waals surface area contributed by atoms with E-state index in [0.717, 1.165) is 6.54 Å². The van der Waals surface area contributed by atoms with Crippen LogP contribution in [0.2, 0.25) is 0 Å². The lowest BCUT2D eigenvalue weighted by atomic mass is 10.1. The summed E-state index contributed by atoms with van der Waals surface area (Å²) in [6.45, 7) is 3.61. The fourth-order valence-corrected chi connectivity index (χ4v) is 1.07. The van der Waals surface area contributed by atoms with Gasteiger partial charge in [-0.25, -0.2) is 4.79 Å². The normalized spacial score (nSPS) is 31.5. The molecule has 4 nitrogen and oxygen atoms in total. The van der Waals surface area contributed by atoms with Crippen LogP contribution in [0.15, 0.2) is 0 Å². The molecular weight excluding hydrogens is 146 g/mol. The molecule has 64 valence electrons. The molecule has 4 heteroatoms. The molecule has 1 saturated heterocycles. The molecule has 1 rings (SSSR count). The number of methoxy groups -OCH3 is 1. The van der Waals surface area contributed by atoms with Crippen LogP contribution in [0.1, 0.15) is 6.92 Å². The van der Waals surface area contributed by atoms with Crippen molar-refractivity contribution in [2.24, 2.45) is 0 Å². The lowest BCUT2D eigenvalue weighted by molar-refractivity contribution is -0.170. The minimum Gasteiger partial charge on any atom is -0.467 e. The third-order valence-electron chi connectivity index (χ3n) is 1.78. The Morgan fingerprint density at radius 1 is 1.73 bits per heavy atom. The first-order chi connectivity index (χ1) is 5.19. The van der Waals surface area contributed by atoms with E-state index in [1.165, 1.54) is 7.11 Å². The molecule has 0 unspecified atom stereocenters. The highest BCUT2D eigenvalue weighted by Crippen LogP contribution is 2.13. The van der Waals surface area contributed by atoms with Crippen LogP contribution >= 0.6 is 0 Å². The molecule has 1 aliphatic heterocycles. The molecule has 11 heavy (non-hydrogen) atoms. The maximum absolute atomic E-state index is 11.1. The van der Waals surface area contributed by atoms with Gasteiger partial charge in [0.2, 0.25) is 0 Å². The summed E-state index contributed by atoms with van der Waals surface area (Å²) in [6, 6.07) is 0. The van der Waals surface area contributed by atoms with Crippen molar-refractivity contribution in [1.82, 2.24) is 5.32 Å². The minimum atomic E-state index is -0.785. The van der Waals surface area contributed by atoms with Crippen molar-refractivity contribution in [2.75, 3.05) is 26.8 Å². The van der Waals surface area contributed by atoms with Gasteiger partial charge >= 0.3 is 5.97 Å². The number of hydrogen-bond acceptors (Lipinski definition) is 4. The van der Waals surface area contributed by atoms with Crippen molar-refractivity contribution in [3.63, 3.8) is 0 Å². The second kappa shape index (κ2) is 3.19. The molecule has 0 radical (unpaired) electrons. The standard InChI is InChI=1S/C7H13NO3/c1-7(6(9)10-2)5-8-3-4-11-7/h8H,3-5H2,1-2H3/t7-/m1/s1. The van der Waals surface area contributed by atoms with Gasteiger partial charge in [0.05, 0.1) is 13.7 Å². The number of hydrogen-bond donors (Lipinski definition) is 1. The molecule has 0 aliphatic carbocycles. The summed E-state index contributed by atoms with van der Waals surface area (Å²) >= 11 is 0. The van der Waals surface area contributed by atoms with Crippen molar-refractivity contribution in [3.8, 4) is 0 Å². The van der Waals surface area contributed by atoms with Crippen LogP contribution in [0.5, 0.6) is 0 Å². The van der Waals surface area contributed by atoms with Crippen molar-refractivity contribution in [2.45, 2.75) is 12.5 Å². The van der Waals surface area contributed by atoms with E-state index in [1.54, 1.807) is 6.92 Å². The van der Waals surface area contributed by atoms with Gasteiger partial charge in [0.1, 0.15) is 0 Å². The van der Waals surface area contributed by atoms with E-state index >= 15 is 0 Å². The molecule has 0 bridgehead atoms. The number of carbonyl (C=O) groups excluding carboxylic acids is 1. The average Bonchev–Trinajstić information content (AvgIpc) is 2.04. The zero-order chi connectivity index (χ0) is 8.32. The van der Waals surface area contributed by atoms with Crippen molar-refractivity contribution >= 4 is 5.97 Å². The summed E-state index contributed by atoms with van der Waals surface area (Å²) in [5.74, 6) is -0.315. The molecule has 0 aromatic carbocycles. The van der Waals surface area contributed by atoms with Crippen molar-refractivity contribution in [3.05, 3.63) is 0 Å². The predicted molar refractivity (Wildman–Crippen MR) is 39.2 cm³/mol. The van der Waals surface area contributed by atoms with Gasteiger partial charge in [-0.15, -0.1) is 0 Å². The molecule has 1 N–H and O–H groups in total. The second-order valence-electron chi connectivity index (χ2n) is 2.75. The van der Waals surface area contributed by atoms with Gasteiger partial charge in [-0.3, -0.25) is 0 Å². The molecule has 1 aliphatic rings. The first-order valence-electron chi connectivity index (χ1n) is 3.62. The molecule has 0 aromatic rings. The Kier molecular flexibility index (Phi) is 2.46. The van der Waals surface area contributed by atoms with E-state index in [4.69, 9.17) is 4.74 Å². The SMILES string of the molecule is COC(=O)[C@@]1(C)CNCCO1. The van der Waals surface area contributed by atoms with Gasteiger partial charge in [0.15, 0.2) is 5.60 Å². The van der Waals surface area contributed by atoms with E-state index in [9.17, 15) is 4.79 Å². The van der Waals surface area contributed by atoms with Crippen molar-refractivity contribution in [1.29, 1.82) is 0 Å². The first-order valence-corrected chi connectivity index (χ1v) is 3.62. The van der Waals surface area contributed by atoms with E-state index < -0.39 is 5.60 Å². The third kappa shape index (κ3) is 1.70.